The zero-order valence-electron chi connectivity index (χ0n) is 14.5. The van der Waals surface area contributed by atoms with Crippen LogP contribution in [-0.4, -0.2) is 16.3 Å². The summed E-state index contributed by atoms with van der Waals surface area (Å²) in [5.41, 5.74) is 1.91. The molecular formula is C22H18N2O2. The Morgan fingerprint density at radius 2 is 1.85 bits per heavy atom. The largest absolute Gasteiger partial charge is 0.292 e. The van der Waals surface area contributed by atoms with Gasteiger partial charge < -0.3 is 0 Å². The maximum absolute atomic E-state index is 13.5. The predicted octanol–water partition coefficient (Wildman–Crippen LogP) is 4.18. The van der Waals surface area contributed by atoms with Gasteiger partial charge in [-0.2, -0.15) is 5.26 Å². The average Bonchev–Trinajstić information content (AvgIpc) is 3.00. The van der Waals surface area contributed by atoms with Crippen LogP contribution in [0.5, 0.6) is 0 Å². The van der Waals surface area contributed by atoms with E-state index in [1.54, 1.807) is 4.57 Å². The third-order valence-corrected chi connectivity index (χ3v) is 5.30. The number of rotatable bonds is 2. The van der Waals surface area contributed by atoms with Crippen molar-refractivity contribution in [3.05, 3.63) is 71.4 Å². The lowest BCUT2D eigenvalue weighted by Crippen LogP contribution is -2.37. The number of para-hydroxylation sites is 1. The molecule has 0 amide bonds. The van der Waals surface area contributed by atoms with E-state index in [0.29, 0.717) is 24.8 Å². The molecule has 1 atom stereocenters. The number of benzene rings is 2. The first kappa shape index (κ1) is 16.3. The smallest absolute Gasteiger partial charge is 0.228 e. The summed E-state index contributed by atoms with van der Waals surface area (Å²) >= 11 is 0. The number of hydrogen-bond acceptors (Lipinski definition) is 3. The van der Waals surface area contributed by atoms with E-state index in [1.807, 2.05) is 54.6 Å². The standard InChI is InChI=1S/C22H18N2O2/c1-15(25)24-18-10-6-5-9-17(18)20-19(24)11-12-22(14-23,21(20)26)13-16-7-3-2-4-8-16/h2-10H,11-13H2,1H3/t22-/m1/s1. The van der Waals surface area contributed by atoms with Crippen molar-refractivity contribution in [3.8, 4) is 6.07 Å². The van der Waals surface area contributed by atoms with Crippen molar-refractivity contribution < 1.29 is 9.59 Å². The van der Waals surface area contributed by atoms with Gasteiger partial charge in [0.15, 0.2) is 5.78 Å². The minimum atomic E-state index is -1.08. The van der Waals surface area contributed by atoms with Gasteiger partial charge in [-0.05, 0) is 30.9 Å². The van der Waals surface area contributed by atoms with Crippen molar-refractivity contribution in [1.29, 1.82) is 5.26 Å². The van der Waals surface area contributed by atoms with Gasteiger partial charge in [-0.1, -0.05) is 48.5 Å². The van der Waals surface area contributed by atoms with Crippen LogP contribution in [0.2, 0.25) is 0 Å². The van der Waals surface area contributed by atoms with Crippen molar-refractivity contribution in [2.45, 2.75) is 26.2 Å². The van der Waals surface area contributed by atoms with Gasteiger partial charge in [0.25, 0.3) is 0 Å². The number of carbonyl (C=O) groups excluding carboxylic acids is 2. The number of fused-ring (bicyclic) bond motifs is 3. The van der Waals surface area contributed by atoms with Gasteiger partial charge in [-0.3, -0.25) is 14.2 Å². The summed E-state index contributed by atoms with van der Waals surface area (Å²) < 4.78 is 1.63. The van der Waals surface area contributed by atoms with Gasteiger partial charge in [0.2, 0.25) is 5.91 Å². The second kappa shape index (κ2) is 5.96. The lowest BCUT2D eigenvalue weighted by atomic mass is 9.69. The van der Waals surface area contributed by atoms with E-state index in [2.05, 4.69) is 6.07 Å². The van der Waals surface area contributed by atoms with Crippen LogP contribution < -0.4 is 0 Å². The molecule has 0 unspecified atom stereocenters. The molecule has 1 aromatic heterocycles. The second-order valence-corrected chi connectivity index (χ2v) is 6.88. The van der Waals surface area contributed by atoms with Gasteiger partial charge in [0.1, 0.15) is 5.41 Å². The summed E-state index contributed by atoms with van der Waals surface area (Å²) in [5, 5.41) is 10.7. The zero-order chi connectivity index (χ0) is 18.3. The first-order chi connectivity index (χ1) is 12.6. The summed E-state index contributed by atoms with van der Waals surface area (Å²) in [5.74, 6) is -0.274. The van der Waals surface area contributed by atoms with Crippen molar-refractivity contribution in [3.63, 3.8) is 0 Å². The monoisotopic (exact) mass is 342 g/mol. The summed E-state index contributed by atoms with van der Waals surface area (Å²) in [6.07, 6.45) is 1.35. The van der Waals surface area contributed by atoms with E-state index < -0.39 is 5.41 Å². The lowest BCUT2D eigenvalue weighted by Gasteiger charge is -2.30. The molecule has 0 aliphatic heterocycles. The number of carbonyl (C=O) groups is 2. The molecule has 0 fully saturated rings. The van der Waals surface area contributed by atoms with Crippen LogP contribution in [0.1, 0.15) is 39.8 Å². The van der Waals surface area contributed by atoms with Crippen LogP contribution in [0, 0.1) is 16.7 Å². The van der Waals surface area contributed by atoms with Crippen LogP contribution in [0.3, 0.4) is 0 Å². The first-order valence-electron chi connectivity index (χ1n) is 8.70. The van der Waals surface area contributed by atoms with Crippen molar-refractivity contribution in [2.75, 3.05) is 0 Å². The van der Waals surface area contributed by atoms with E-state index in [-0.39, 0.29) is 11.7 Å². The number of Topliss-reactive ketones (excluding diaryl/α,β-unsaturated/α-hetero) is 1. The fraction of sp³-hybridized carbons (Fsp3) is 0.227. The molecule has 3 aromatic rings. The normalized spacial score (nSPS) is 19.2. The molecule has 0 N–H and O–H groups in total. The Bertz CT molecular complexity index is 1070. The zero-order valence-corrected chi connectivity index (χ0v) is 14.5. The van der Waals surface area contributed by atoms with Gasteiger partial charge >= 0.3 is 0 Å². The molecule has 0 spiro atoms. The van der Waals surface area contributed by atoms with Crippen LogP contribution in [-0.2, 0) is 12.8 Å². The van der Waals surface area contributed by atoms with Crippen LogP contribution in [0.25, 0.3) is 10.9 Å². The Balaban J connectivity index is 1.90. The third-order valence-electron chi connectivity index (χ3n) is 5.30. The Hall–Kier alpha value is -3.19. The third kappa shape index (κ3) is 2.28. The number of hydrogen-bond donors (Lipinski definition) is 0. The predicted molar refractivity (Wildman–Crippen MR) is 99.1 cm³/mol. The molecule has 2 aromatic carbocycles. The fourth-order valence-corrected chi connectivity index (χ4v) is 4.09. The molecule has 1 aliphatic rings. The molecule has 0 saturated heterocycles. The summed E-state index contributed by atoms with van der Waals surface area (Å²) in [6.45, 7) is 1.51. The Morgan fingerprint density at radius 1 is 1.15 bits per heavy atom. The molecule has 4 nitrogen and oxygen atoms in total. The summed E-state index contributed by atoms with van der Waals surface area (Å²) in [6, 6.07) is 19.4. The Labute approximate surface area is 151 Å². The highest BCUT2D eigenvalue weighted by atomic mass is 16.2. The first-order valence-corrected chi connectivity index (χ1v) is 8.70. The number of nitrogens with zero attached hydrogens (tertiary/aromatic N) is 2. The number of ketones is 1. The minimum absolute atomic E-state index is 0.109. The van der Waals surface area contributed by atoms with E-state index in [4.69, 9.17) is 0 Å². The highest BCUT2D eigenvalue weighted by molar-refractivity contribution is 6.15. The molecule has 128 valence electrons. The highest BCUT2D eigenvalue weighted by Gasteiger charge is 2.45. The van der Waals surface area contributed by atoms with Crippen molar-refractivity contribution in [1.82, 2.24) is 4.57 Å². The molecular weight excluding hydrogens is 324 g/mol. The summed E-state index contributed by atoms with van der Waals surface area (Å²) in [4.78, 5) is 25.7. The van der Waals surface area contributed by atoms with Gasteiger partial charge in [0, 0.05) is 23.6 Å². The van der Waals surface area contributed by atoms with Gasteiger partial charge in [0.05, 0.1) is 11.6 Å². The van der Waals surface area contributed by atoms with Crippen molar-refractivity contribution >= 4 is 22.6 Å². The molecule has 26 heavy (non-hydrogen) atoms. The number of aromatic nitrogens is 1. The van der Waals surface area contributed by atoms with Gasteiger partial charge in [-0.15, -0.1) is 0 Å². The molecule has 1 aliphatic carbocycles. The summed E-state index contributed by atoms with van der Waals surface area (Å²) in [7, 11) is 0. The maximum atomic E-state index is 13.5. The maximum Gasteiger partial charge on any atom is 0.228 e. The number of nitriles is 1. The van der Waals surface area contributed by atoms with Crippen LogP contribution in [0.15, 0.2) is 54.6 Å². The molecule has 0 radical (unpaired) electrons. The Kier molecular flexibility index (Phi) is 3.73. The van der Waals surface area contributed by atoms with Gasteiger partial charge in [-0.25, -0.2) is 0 Å². The molecule has 0 saturated carbocycles. The van der Waals surface area contributed by atoms with Crippen LogP contribution >= 0.6 is 0 Å². The van der Waals surface area contributed by atoms with Crippen molar-refractivity contribution in [2.24, 2.45) is 5.41 Å². The Morgan fingerprint density at radius 3 is 2.54 bits per heavy atom. The molecule has 4 heteroatoms. The average molecular weight is 342 g/mol. The van der Waals surface area contributed by atoms with E-state index in [0.717, 1.165) is 22.2 Å². The second-order valence-electron chi connectivity index (χ2n) is 6.88. The molecule has 1 heterocycles. The van der Waals surface area contributed by atoms with E-state index >= 15 is 0 Å². The molecule has 0 bridgehead atoms. The van der Waals surface area contributed by atoms with Crippen LogP contribution in [0.4, 0.5) is 0 Å². The molecule has 4 rings (SSSR count). The van der Waals surface area contributed by atoms with E-state index in [1.165, 1.54) is 6.92 Å². The SMILES string of the molecule is CC(=O)n1c2c(c3ccccc31)C(=O)[C@@](C#N)(Cc1ccccc1)CC2. The quantitative estimate of drug-likeness (QED) is 0.702. The highest BCUT2D eigenvalue weighted by Crippen LogP contribution is 2.42. The van der Waals surface area contributed by atoms with E-state index in [9.17, 15) is 14.9 Å². The minimum Gasteiger partial charge on any atom is -0.292 e. The topological polar surface area (TPSA) is 62.9 Å². The fourth-order valence-electron chi connectivity index (χ4n) is 4.09. The lowest BCUT2D eigenvalue weighted by molar-refractivity contribution is 0.0833.